The van der Waals surface area contributed by atoms with Gasteiger partial charge in [0, 0.05) is 23.6 Å². The van der Waals surface area contributed by atoms with Crippen LogP contribution in [0.4, 0.5) is 0 Å². The summed E-state index contributed by atoms with van der Waals surface area (Å²) in [5.41, 5.74) is 2.46. The topological polar surface area (TPSA) is 66.0 Å². The van der Waals surface area contributed by atoms with Crippen molar-refractivity contribution in [3.8, 4) is 23.0 Å². The smallest absolute Gasteiger partial charge is 0.244 e. The van der Waals surface area contributed by atoms with Crippen LogP contribution in [0.3, 0.4) is 0 Å². The lowest BCUT2D eigenvalue weighted by atomic mass is 9.89. The Morgan fingerprint density at radius 2 is 1.83 bits per heavy atom. The number of benzene rings is 2. The molecule has 1 unspecified atom stereocenters. The van der Waals surface area contributed by atoms with E-state index >= 15 is 0 Å². The first kappa shape index (κ1) is 21.6. The van der Waals surface area contributed by atoms with Crippen LogP contribution in [0.25, 0.3) is 6.08 Å². The summed E-state index contributed by atoms with van der Waals surface area (Å²) in [5.74, 6) is 2.18. The van der Waals surface area contributed by atoms with E-state index in [0.717, 1.165) is 16.9 Å². The number of aryl methyl sites for hydroxylation is 1. The Morgan fingerprint density at radius 3 is 2.50 bits per heavy atom. The van der Waals surface area contributed by atoms with Gasteiger partial charge in [0.25, 0.3) is 0 Å². The summed E-state index contributed by atoms with van der Waals surface area (Å²) in [6.07, 6.45) is 3.89. The fraction of sp³-hybridized carbons (Fsp3) is 0.375. The summed E-state index contributed by atoms with van der Waals surface area (Å²) in [7, 11) is 4.67. The van der Waals surface area contributed by atoms with Gasteiger partial charge in [0.05, 0.1) is 27.4 Å². The molecule has 6 nitrogen and oxygen atoms in total. The molecule has 0 aliphatic carbocycles. The highest BCUT2D eigenvalue weighted by atomic mass is 16.5. The second kappa shape index (κ2) is 8.69. The number of amides is 1. The molecular formula is C24H29NO5. The lowest BCUT2D eigenvalue weighted by Gasteiger charge is -2.38. The molecule has 0 radical (unpaired) electrons. The summed E-state index contributed by atoms with van der Waals surface area (Å²) < 4.78 is 22.3. The lowest BCUT2D eigenvalue weighted by molar-refractivity contribution is -0.117. The van der Waals surface area contributed by atoms with E-state index in [9.17, 15) is 4.79 Å². The first-order valence-corrected chi connectivity index (χ1v) is 9.85. The van der Waals surface area contributed by atoms with E-state index in [0.29, 0.717) is 29.2 Å². The van der Waals surface area contributed by atoms with Gasteiger partial charge in [-0.15, -0.1) is 0 Å². The van der Waals surface area contributed by atoms with E-state index in [1.165, 1.54) is 6.08 Å². The molecule has 0 bridgehead atoms. The first-order chi connectivity index (χ1) is 14.3. The van der Waals surface area contributed by atoms with Crippen molar-refractivity contribution in [3.05, 3.63) is 53.1 Å². The summed E-state index contributed by atoms with van der Waals surface area (Å²) in [6, 6.07) is 9.53. The largest absolute Gasteiger partial charge is 0.493 e. The SMILES string of the molecule is COc1ccc(/C=C/C(=O)NC2CC(C)(C)Oc3cc(C)ccc32)c(OC)c1OC. The molecule has 3 rings (SSSR count). The van der Waals surface area contributed by atoms with Crippen LogP contribution in [0, 0.1) is 6.92 Å². The second-order valence-electron chi connectivity index (χ2n) is 7.93. The van der Waals surface area contributed by atoms with Gasteiger partial charge >= 0.3 is 0 Å². The normalized spacial score (nSPS) is 17.1. The predicted octanol–water partition coefficient (Wildman–Crippen LogP) is 4.45. The molecule has 0 saturated carbocycles. The van der Waals surface area contributed by atoms with Crippen LogP contribution in [0.1, 0.15) is 43.0 Å². The molecule has 6 heteroatoms. The number of carbonyl (C=O) groups excluding carboxylic acids is 1. The molecule has 1 aliphatic rings. The second-order valence-corrected chi connectivity index (χ2v) is 7.93. The Bertz CT molecular complexity index is 964. The monoisotopic (exact) mass is 411 g/mol. The van der Waals surface area contributed by atoms with Crippen LogP contribution in [-0.4, -0.2) is 32.8 Å². The fourth-order valence-electron chi connectivity index (χ4n) is 3.73. The third-order valence-electron chi connectivity index (χ3n) is 5.09. The van der Waals surface area contributed by atoms with Gasteiger partial charge in [0.1, 0.15) is 11.4 Å². The number of methoxy groups -OCH3 is 3. The molecule has 2 aromatic rings. The lowest BCUT2D eigenvalue weighted by Crippen LogP contribution is -2.40. The molecule has 0 saturated heterocycles. The van der Waals surface area contributed by atoms with Gasteiger partial charge in [-0.1, -0.05) is 12.1 Å². The maximum Gasteiger partial charge on any atom is 0.244 e. The van der Waals surface area contributed by atoms with Crippen LogP contribution in [-0.2, 0) is 4.79 Å². The minimum Gasteiger partial charge on any atom is -0.493 e. The molecule has 0 spiro atoms. The minimum atomic E-state index is -0.366. The molecule has 160 valence electrons. The highest BCUT2D eigenvalue weighted by Crippen LogP contribution is 2.41. The number of ether oxygens (including phenoxy) is 4. The Labute approximate surface area is 177 Å². The van der Waals surface area contributed by atoms with Crippen molar-refractivity contribution in [1.29, 1.82) is 0 Å². The van der Waals surface area contributed by atoms with Crippen LogP contribution in [0.2, 0.25) is 0 Å². The van der Waals surface area contributed by atoms with E-state index in [1.54, 1.807) is 33.5 Å². The van der Waals surface area contributed by atoms with Crippen LogP contribution < -0.4 is 24.3 Å². The van der Waals surface area contributed by atoms with Crippen molar-refractivity contribution < 1.29 is 23.7 Å². The predicted molar refractivity (Wildman–Crippen MR) is 117 cm³/mol. The summed E-state index contributed by atoms with van der Waals surface area (Å²) in [6.45, 7) is 6.08. The average molecular weight is 411 g/mol. The molecule has 0 aromatic heterocycles. The number of hydrogen-bond donors (Lipinski definition) is 1. The van der Waals surface area contributed by atoms with E-state index < -0.39 is 0 Å². The van der Waals surface area contributed by atoms with Gasteiger partial charge in [0.15, 0.2) is 11.5 Å². The van der Waals surface area contributed by atoms with E-state index in [4.69, 9.17) is 18.9 Å². The highest BCUT2D eigenvalue weighted by Gasteiger charge is 2.34. The Kier molecular flexibility index (Phi) is 6.25. The quantitative estimate of drug-likeness (QED) is 0.712. The van der Waals surface area contributed by atoms with Gasteiger partial charge in [-0.05, 0) is 50.6 Å². The van der Waals surface area contributed by atoms with Crippen molar-refractivity contribution in [3.63, 3.8) is 0 Å². The minimum absolute atomic E-state index is 0.131. The van der Waals surface area contributed by atoms with E-state index in [2.05, 4.69) is 5.32 Å². The summed E-state index contributed by atoms with van der Waals surface area (Å²) in [4.78, 5) is 12.7. The molecule has 0 fully saturated rings. The summed E-state index contributed by atoms with van der Waals surface area (Å²) >= 11 is 0. The maximum absolute atomic E-state index is 12.7. The maximum atomic E-state index is 12.7. The number of nitrogens with one attached hydrogen (secondary N) is 1. The molecule has 1 aliphatic heterocycles. The standard InChI is InChI=1S/C24H29NO5/c1-15-7-10-17-18(14-24(2,3)30-20(17)13-15)25-21(26)12-9-16-8-11-19(27-4)23(29-6)22(16)28-5/h7-13,18H,14H2,1-6H3,(H,25,26)/b12-9+. The zero-order chi connectivity index (χ0) is 21.9. The van der Waals surface area contributed by atoms with Gasteiger partial charge in [-0.2, -0.15) is 0 Å². The van der Waals surface area contributed by atoms with Crippen molar-refractivity contribution in [2.75, 3.05) is 21.3 Å². The zero-order valence-corrected chi connectivity index (χ0v) is 18.4. The van der Waals surface area contributed by atoms with E-state index in [-0.39, 0.29) is 17.6 Å². The van der Waals surface area contributed by atoms with Crippen LogP contribution >= 0.6 is 0 Å². The van der Waals surface area contributed by atoms with Crippen molar-refractivity contribution >= 4 is 12.0 Å². The molecular weight excluding hydrogens is 382 g/mol. The number of rotatable bonds is 6. The third-order valence-corrected chi connectivity index (χ3v) is 5.09. The van der Waals surface area contributed by atoms with Crippen molar-refractivity contribution in [2.24, 2.45) is 0 Å². The van der Waals surface area contributed by atoms with Crippen molar-refractivity contribution in [1.82, 2.24) is 5.32 Å². The molecule has 2 aromatic carbocycles. The van der Waals surface area contributed by atoms with Gasteiger partial charge in [0.2, 0.25) is 11.7 Å². The van der Waals surface area contributed by atoms with Gasteiger partial charge in [-0.3, -0.25) is 4.79 Å². The van der Waals surface area contributed by atoms with Crippen LogP contribution in [0.15, 0.2) is 36.4 Å². The Balaban J connectivity index is 1.82. The number of carbonyl (C=O) groups is 1. The van der Waals surface area contributed by atoms with Crippen molar-refractivity contribution in [2.45, 2.75) is 38.8 Å². The van der Waals surface area contributed by atoms with E-state index in [1.807, 2.05) is 45.0 Å². The summed E-state index contributed by atoms with van der Waals surface area (Å²) in [5, 5.41) is 3.11. The Hall–Kier alpha value is -3.15. The molecule has 1 atom stereocenters. The van der Waals surface area contributed by atoms with Gasteiger partial charge in [-0.25, -0.2) is 0 Å². The zero-order valence-electron chi connectivity index (χ0n) is 18.4. The molecule has 1 heterocycles. The highest BCUT2D eigenvalue weighted by molar-refractivity contribution is 5.92. The number of hydrogen-bond acceptors (Lipinski definition) is 5. The van der Waals surface area contributed by atoms with Gasteiger partial charge < -0.3 is 24.3 Å². The molecule has 30 heavy (non-hydrogen) atoms. The fourth-order valence-corrected chi connectivity index (χ4v) is 3.73. The molecule has 1 amide bonds. The number of fused-ring (bicyclic) bond motifs is 1. The third kappa shape index (κ3) is 4.53. The Morgan fingerprint density at radius 1 is 1.10 bits per heavy atom. The van der Waals surface area contributed by atoms with Crippen LogP contribution in [0.5, 0.6) is 23.0 Å². The average Bonchev–Trinajstić information content (AvgIpc) is 2.70. The molecule has 1 N–H and O–H groups in total. The first-order valence-electron chi connectivity index (χ1n) is 9.85.